The van der Waals surface area contributed by atoms with Crippen molar-refractivity contribution in [3.63, 3.8) is 0 Å². The number of carbonyl (C=O) groups excluding carboxylic acids is 2. The lowest BCUT2D eigenvalue weighted by atomic mass is 9.99. The first-order valence-corrected chi connectivity index (χ1v) is 9.66. The lowest BCUT2D eigenvalue weighted by Crippen LogP contribution is -2.32. The summed E-state index contributed by atoms with van der Waals surface area (Å²) in [5.74, 6) is -0.444. The van der Waals surface area contributed by atoms with E-state index in [0.717, 1.165) is 24.7 Å². The highest BCUT2D eigenvalue weighted by molar-refractivity contribution is 6.03. The van der Waals surface area contributed by atoms with Gasteiger partial charge in [-0.1, -0.05) is 25.1 Å². The highest BCUT2D eigenvalue weighted by Gasteiger charge is 2.16. The smallest absolute Gasteiger partial charge is 0.233 e. The van der Waals surface area contributed by atoms with E-state index in [1.165, 1.54) is 18.9 Å². The fourth-order valence-electron chi connectivity index (χ4n) is 3.27. The van der Waals surface area contributed by atoms with Gasteiger partial charge in [0, 0.05) is 36.6 Å². The standard InChI is InChI=1S/C22H26FN3O2/c1-16-10-12-26(13-11-16)19-8-6-18(7-9-19)25-22(28)14-21(27)24-15-17-4-2-3-5-20(17)23/h2-9,16H,10-15H2,1H3,(H,24,27)(H,25,28). The number of carbonyl (C=O) groups is 2. The van der Waals surface area contributed by atoms with Crippen molar-refractivity contribution < 1.29 is 14.0 Å². The molecule has 0 aromatic heterocycles. The quantitative estimate of drug-likeness (QED) is 0.748. The Labute approximate surface area is 164 Å². The molecule has 0 bridgehead atoms. The van der Waals surface area contributed by atoms with E-state index in [2.05, 4.69) is 22.5 Å². The van der Waals surface area contributed by atoms with Gasteiger partial charge >= 0.3 is 0 Å². The number of anilines is 2. The Balaban J connectivity index is 1.45. The molecule has 0 atom stereocenters. The molecule has 1 aliphatic rings. The summed E-state index contributed by atoms with van der Waals surface area (Å²) in [4.78, 5) is 26.3. The second kappa shape index (κ2) is 9.35. The van der Waals surface area contributed by atoms with Gasteiger partial charge in [0.25, 0.3) is 0 Å². The Kier molecular flexibility index (Phi) is 6.63. The number of amides is 2. The van der Waals surface area contributed by atoms with Gasteiger partial charge in [-0.2, -0.15) is 0 Å². The number of rotatable bonds is 6. The molecule has 1 saturated heterocycles. The summed E-state index contributed by atoms with van der Waals surface area (Å²) >= 11 is 0. The maximum atomic E-state index is 13.5. The summed E-state index contributed by atoms with van der Waals surface area (Å²) in [5.41, 5.74) is 2.19. The van der Waals surface area contributed by atoms with Crippen LogP contribution in [0.15, 0.2) is 48.5 Å². The van der Waals surface area contributed by atoms with Gasteiger partial charge in [0.15, 0.2) is 0 Å². The molecule has 0 radical (unpaired) electrons. The molecule has 6 heteroatoms. The van der Waals surface area contributed by atoms with E-state index in [0.29, 0.717) is 11.3 Å². The summed E-state index contributed by atoms with van der Waals surface area (Å²) in [6.07, 6.45) is 2.08. The number of nitrogens with one attached hydrogen (secondary N) is 2. The molecule has 0 saturated carbocycles. The molecule has 1 fully saturated rings. The highest BCUT2D eigenvalue weighted by Crippen LogP contribution is 2.24. The number of nitrogens with zero attached hydrogens (tertiary/aromatic N) is 1. The minimum atomic E-state index is -0.445. The molecule has 0 unspecified atom stereocenters. The van der Waals surface area contributed by atoms with Crippen LogP contribution in [0.25, 0.3) is 0 Å². The van der Waals surface area contributed by atoms with Crippen molar-refractivity contribution >= 4 is 23.2 Å². The van der Waals surface area contributed by atoms with Gasteiger partial charge in [0.1, 0.15) is 12.2 Å². The highest BCUT2D eigenvalue weighted by atomic mass is 19.1. The van der Waals surface area contributed by atoms with Crippen LogP contribution >= 0.6 is 0 Å². The number of hydrogen-bond acceptors (Lipinski definition) is 3. The summed E-state index contributed by atoms with van der Waals surface area (Å²) in [6, 6.07) is 13.9. The van der Waals surface area contributed by atoms with Crippen LogP contribution in [0.3, 0.4) is 0 Å². The number of hydrogen-bond donors (Lipinski definition) is 2. The summed E-state index contributed by atoms with van der Waals surface area (Å²) in [5, 5.41) is 5.29. The third-order valence-electron chi connectivity index (χ3n) is 5.05. The zero-order valence-electron chi connectivity index (χ0n) is 16.1. The third-order valence-corrected chi connectivity index (χ3v) is 5.05. The lowest BCUT2D eigenvalue weighted by molar-refractivity contribution is -0.126. The van der Waals surface area contributed by atoms with Gasteiger partial charge in [-0.05, 0) is 49.1 Å². The predicted molar refractivity (Wildman–Crippen MR) is 109 cm³/mol. The van der Waals surface area contributed by atoms with Crippen LogP contribution < -0.4 is 15.5 Å². The Morgan fingerprint density at radius 3 is 2.39 bits per heavy atom. The second-order valence-corrected chi connectivity index (χ2v) is 7.31. The molecular formula is C22H26FN3O2. The van der Waals surface area contributed by atoms with Crippen LogP contribution in [0.4, 0.5) is 15.8 Å². The SMILES string of the molecule is CC1CCN(c2ccc(NC(=O)CC(=O)NCc3ccccc3F)cc2)CC1. The van der Waals surface area contributed by atoms with Crippen LogP contribution in [0.5, 0.6) is 0 Å². The topological polar surface area (TPSA) is 61.4 Å². The molecule has 5 nitrogen and oxygen atoms in total. The Morgan fingerprint density at radius 1 is 1.04 bits per heavy atom. The van der Waals surface area contributed by atoms with Gasteiger partial charge in [-0.15, -0.1) is 0 Å². The lowest BCUT2D eigenvalue weighted by Gasteiger charge is -2.32. The monoisotopic (exact) mass is 383 g/mol. The maximum absolute atomic E-state index is 13.5. The first-order valence-electron chi connectivity index (χ1n) is 9.66. The first-order chi connectivity index (χ1) is 13.5. The van der Waals surface area contributed by atoms with Crippen LogP contribution in [-0.4, -0.2) is 24.9 Å². The van der Waals surface area contributed by atoms with E-state index in [-0.39, 0.29) is 18.8 Å². The molecule has 0 spiro atoms. The van der Waals surface area contributed by atoms with Crippen molar-refractivity contribution in [3.8, 4) is 0 Å². The Hall–Kier alpha value is -2.89. The van der Waals surface area contributed by atoms with Crippen LogP contribution in [0.1, 0.15) is 31.7 Å². The predicted octanol–water partition coefficient (Wildman–Crippen LogP) is 3.71. The third kappa shape index (κ3) is 5.55. The Morgan fingerprint density at radius 2 is 1.71 bits per heavy atom. The molecule has 2 amide bonds. The molecule has 28 heavy (non-hydrogen) atoms. The zero-order chi connectivity index (χ0) is 19.9. The normalized spacial score (nSPS) is 14.6. The van der Waals surface area contributed by atoms with Crippen molar-refractivity contribution in [2.75, 3.05) is 23.3 Å². The molecule has 148 valence electrons. The molecule has 1 aliphatic heterocycles. The molecule has 2 N–H and O–H groups in total. The Bertz CT molecular complexity index is 815. The van der Waals surface area contributed by atoms with Crippen molar-refractivity contribution in [1.29, 1.82) is 0 Å². The van der Waals surface area contributed by atoms with E-state index >= 15 is 0 Å². The molecule has 0 aliphatic carbocycles. The van der Waals surface area contributed by atoms with Crippen molar-refractivity contribution in [3.05, 3.63) is 59.9 Å². The maximum Gasteiger partial charge on any atom is 0.233 e. The minimum absolute atomic E-state index is 0.0575. The van der Waals surface area contributed by atoms with E-state index in [4.69, 9.17) is 0 Å². The van der Waals surface area contributed by atoms with E-state index in [1.54, 1.807) is 18.2 Å². The van der Waals surface area contributed by atoms with Crippen molar-refractivity contribution in [1.82, 2.24) is 5.32 Å². The molecular weight excluding hydrogens is 357 g/mol. The van der Waals surface area contributed by atoms with Gasteiger partial charge in [-0.3, -0.25) is 9.59 Å². The van der Waals surface area contributed by atoms with E-state index in [1.807, 2.05) is 24.3 Å². The van der Waals surface area contributed by atoms with Crippen LogP contribution in [0, 0.1) is 11.7 Å². The van der Waals surface area contributed by atoms with Gasteiger partial charge < -0.3 is 15.5 Å². The second-order valence-electron chi connectivity index (χ2n) is 7.31. The fraction of sp³-hybridized carbons (Fsp3) is 0.364. The molecule has 2 aromatic carbocycles. The minimum Gasteiger partial charge on any atom is -0.372 e. The average molecular weight is 383 g/mol. The molecule has 2 aromatic rings. The summed E-state index contributed by atoms with van der Waals surface area (Å²) in [7, 11) is 0. The number of benzene rings is 2. The summed E-state index contributed by atoms with van der Waals surface area (Å²) in [6.45, 7) is 4.44. The zero-order valence-corrected chi connectivity index (χ0v) is 16.1. The first kappa shape index (κ1) is 19.9. The fourth-order valence-corrected chi connectivity index (χ4v) is 3.27. The number of halogens is 1. The van der Waals surface area contributed by atoms with Gasteiger partial charge in [0.05, 0.1) is 0 Å². The summed E-state index contributed by atoms with van der Waals surface area (Å²) < 4.78 is 13.5. The number of piperidine rings is 1. The molecule has 3 rings (SSSR count). The van der Waals surface area contributed by atoms with Crippen molar-refractivity contribution in [2.45, 2.75) is 32.7 Å². The van der Waals surface area contributed by atoms with Gasteiger partial charge in [0.2, 0.25) is 11.8 Å². The largest absolute Gasteiger partial charge is 0.372 e. The van der Waals surface area contributed by atoms with Crippen LogP contribution in [-0.2, 0) is 16.1 Å². The molecule has 1 heterocycles. The van der Waals surface area contributed by atoms with E-state index in [9.17, 15) is 14.0 Å². The van der Waals surface area contributed by atoms with Crippen molar-refractivity contribution in [2.24, 2.45) is 5.92 Å². The van der Waals surface area contributed by atoms with Gasteiger partial charge in [-0.25, -0.2) is 4.39 Å². The van der Waals surface area contributed by atoms with E-state index < -0.39 is 11.8 Å². The van der Waals surface area contributed by atoms with Crippen LogP contribution in [0.2, 0.25) is 0 Å². The average Bonchev–Trinajstić information content (AvgIpc) is 2.68.